The lowest BCUT2D eigenvalue weighted by molar-refractivity contribution is 0.0425. The molecule has 31 heavy (non-hydrogen) atoms. The van der Waals surface area contributed by atoms with Crippen molar-refractivity contribution in [3.63, 3.8) is 0 Å². The molecule has 0 aliphatic heterocycles. The number of nitrogens with zero attached hydrogens (tertiary/aromatic N) is 2. The second kappa shape index (κ2) is 9.16. The van der Waals surface area contributed by atoms with Crippen LogP contribution in [-0.4, -0.2) is 27.2 Å². The number of benzene rings is 1. The number of nitrogens with two attached hydrogens (primary N) is 1. The molecule has 1 saturated carbocycles. The Kier molecular flexibility index (Phi) is 6.59. The van der Waals surface area contributed by atoms with Crippen molar-refractivity contribution in [2.45, 2.75) is 51.2 Å². The van der Waals surface area contributed by atoms with Crippen molar-refractivity contribution in [2.75, 3.05) is 5.73 Å². The van der Waals surface area contributed by atoms with Crippen LogP contribution in [0.15, 0.2) is 66.9 Å². The predicted molar refractivity (Wildman–Crippen MR) is 125 cm³/mol. The van der Waals surface area contributed by atoms with Gasteiger partial charge in [0, 0.05) is 11.8 Å². The monoisotopic (exact) mass is 418 g/mol. The highest BCUT2D eigenvalue weighted by Gasteiger charge is 2.41. The maximum atomic E-state index is 12.4. The van der Waals surface area contributed by atoms with Crippen LogP contribution in [0.5, 0.6) is 0 Å². The number of carbonyl (C=O) groups excluding carboxylic acids is 1. The van der Waals surface area contributed by atoms with E-state index in [1.807, 2.05) is 69.3 Å². The number of hydrogen-bond acceptors (Lipinski definition) is 5. The van der Waals surface area contributed by atoms with Gasteiger partial charge in [0.2, 0.25) is 5.95 Å². The molecule has 1 aromatic carbocycles. The molecule has 0 spiro atoms. The first-order chi connectivity index (χ1) is 14.7. The summed E-state index contributed by atoms with van der Waals surface area (Å²) in [5.74, 6) is 0.217. The van der Waals surface area contributed by atoms with Crippen molar-refractivity contribution in [1.29, 1.82) is 0 Å². The molecule has 162 valence electrons. The third-order valence-corrected chi connectivity index (χ3v) is 5.17. The fraction of sp³-hybridized carbons (Fsp3) is 0.320. The highest BCUT2D eigenvalue weighted by Crippen LogP contribution is 2.39. The molecule has 1 aliphatic rings. The quantitative estimate of drug-likeness (QED) is 0.621. The second-order valence-electron chi connectivity index (χ2n) is 8.64. The number of nitrogens with one attached hydrogen (secondary N) is 1. The first-order valence-corrected chi connectivity index (χ1v) is 10.4. The number of aromatic nitrogens is 2. The number of amides is 1. The maximum absolute atomic E-state index is 12.4. The fourth-order valence-electron chi connectivity index (χ4n) is 3.56. The third kappa shape index (κ3) is 5.60. The summed E-state index contributed by atoms with van der Waals surface area (Å²) in [7, 11) is 0. The summed E-state index contributed by atoms with van der Waals surface area (Å²) in [6.07, 6.45) is 11.6. The van der Waals surface area contributed by atoms with E-state index in [4.69, 9.17) is 10.5 Å². The Morgan fingerprint density at radius 1 is 1.26 bits per heavy atom. The predicted octanol–water partition coefficient (Wildman–Crippen LogP) is 5.30. The number of hydrogen-bond donors (Lipinski definition) is 2. The van der Waals surface area contributed by atoms with Crippen LogP contribution in [0.25, 0.3) is 17.2 Å². The lowest BCUT2D eigenvalue weighted by Gasteiger charge is -2.43. The normalized spacial score (nSPS) is 15.9. The van der Waals surface area contributed by atoms with Crippen LogP contribution in [0.3, 0.4) is 0 Å². The van der Waals surface area contributed by atoms with Gasteiger partial charge < -0.3 is 15.8 Å². The van der Waals surface area contributed by atoms with E-state index in [1.54, 1.807) is 12.3 Å². The number of carbonyl (C=O) groups is 1. The zero-order valence-electron chi connectivity index (χ0n) is 18.4. The van der Waals surface area contributed by atoms with Crippen molar-refractivity contribution in [3.05, 3.63) is 72.6 Å². The molecule has 3 rings (SSSR count). The molecule has 3 N–H and O–H groups in total. The van der Waals surface area contributed by atoms with Crippen molar-refractivity contribution in [2.24, 2.45) is 0 Å². The van der Waals surface area contributed by atoms with Crippen LogP contribution in [0.1, 0.15) is 45.7 Å². The molecule has 0 saturated heterocycles. The number of anilines is 1. The summed E-state index contributed by atoms with van der Waals surface area (Å²) in [5.41, 5.74) is 8.38. The van der Waals surface area contributed by atoms with Crippen molar-refractivity contribution >= 4 is 18.1 Å². The smallest absolute Gasteiger partial charge is 0.408 e. The highest BCUT2D eigenvalue weighted by molar-refractivity contribution is 5.73. The first kappa shape index (κ1) is 22.3. The van der Waals surface area contributed by atoms with Gasteiger partial charge in [-0.15, -0.1) is 0 Å². The van der Waals surface area contributed by atoms with Gasteiger partial charge in [-0.1, -0.05) is 55.1 Å². The van der Waals surface area contributed by atoms with Crippen LogP contribution in [0, 0.1) is 0 Å². The molecule has 0 atom stereocenters. The van der Waals surface area contributed by atoms with E-state index in [9.17, 15) is 4.79 Å². The number of nitrogen functional groups attached to an aromatic ring is 1. The van der Waals surface area contributed by atoms with Gasteiger partial charge in [0.15, 0.2) is 0 Å². The number of allylic oxidation sites excluding steroid dienone is 2. The second-order valence-corrected chi connectivity index (χ2v) is 8.64. The zero-order valence-corrected chi connectivity index (χ0v) is 18.4. The van der Waals surface area contributed by atoms with Crippen LogP contribution < -0.4 is 11.1 Å². The molecule has 6 nitrogen and oxygen atoms in total. The van der Waals surface area contributed by atoms with Crippen molar-refractivity contribution < 1.29 is 9.53 Å². The Morgan fingerprint density at radius 2 is 1.97 bits per heavy atom. The van der Waals surface area contributed by atoms with E-state index in [0.29, 0.717) is 0 Å². The van der Waals surface area contributed by atoms with E-state index in [0.717, 1.165) is 41.7 Å². The summed E-state index contributed by atoms with van der Waals surface area (Å²) in [4.78, 5) is 20.9. The SMILES string of the molecule is C=CC(=C/C=C/c1nc(N)ncc1-c1ccccc1)C1(NC(=O)OC(C)(C)C)CCC1. The molecule has 0 radical (unpaired) electrons. The summed E-state index contributed by atoms with van der Waals surface area (Å²) < 4.78 is 5.46. The largest absolute Gasteiger partial charge is 0.444 e. The summed E-state index contributed by atoms with van der Waals surface area (Å²) >= 11 is 0. The average molecular weight is 419 g/mol. The minimum Gasteiger partial charge on any atom is -0.444 e. The van der Waals surface area contributed by atoms with Gasteiger partial charge in [0.1, 0.15) is 5.60 Å². The molecule has 2 aromatic rings. The van der Waals surface area contributed by atoms with Gasteiger partial charge >= 0.3 is 6.09 Å². The Labute approximate surface area is 183 Å². The van der Waals surface area contributed by atoms with Gasteiger partial charge in [-0.3, -0.25) is 0 Å². The summed E-state index contributed by atoms with van der Waals surface area (Å²) in [5, 5.41) is 3.05. The zero-order chi connectivity index (χ0) is 22.5. The molecular formula is C25H30N4O2. The first-order valence-electron chi connectivity index (χ1n) is 10.4. The van der Waals surface area contributed by atoms with Crippen LogP contribution in [0.4, 0.5) is 10.7 Å². The van der Waals surface area contributed by atoms with Crippen LogP contribution in [0.2, 0.25) is 0 Å². The van der Waals surface area contributed by atoms with Gasteiger partial charge in [0.05, 0.1) is 11.2 Å². The molecule has 6 heteroatoms. The minimum absolute atomic E-state index is 0.217. The maximum Gasteiger partial charge on any atom is 0.408 e. The van der Waals surface area contributed by atoms with Crippen LogP contribution in [-0.2, 0) is 4.74 Å². The van der Waals surface area contributed by atoms with E-state index < -0.39 is 17.2 Å². The van der Waals surface area contributed by atoms with Gasteiger partial charge in [-0.25, -0.2) is 14.8 Å². The Hall–Kier alpha value is -3.41. The molecule has 1 fully saturated rings. The standard InChI is InChI=1S/C25H30N4O2/c1-5-19(25(15-10-16-25)29-23(30)31-24(2,3)4)13-9-14-21-20(17-27-22(26)28-21)18-11-7-6-8-12-18/h5-9,11-14,17H,1,10,15-16H2,2-4H3,(H,29,30)(H2,26,27,28)/b14-9+,19-13?. The third-order valence-electron chi connectivity index (χ3n) is 5.17. The number of ether oxygens (including phenoxy) is 1. The van der Waals surface area contributed by atoms with Gasteiger partial charge in [0.25, 0.3) is 0 Å². The molecule has 1 aliphatic carbocycles. The number of alkyl carbamates (subject to hydrolysis) is 1. The lowest BCUT2D eigenvalue weighted by atomic mass is 9.71. The molecule has 0 bridgehead atoms. The lowest BCUT2D eigenvalue weighted by Crippen LogP contribution is -2.55. The van der Waals surface area contributed by atoms with E-state index in [-0.39, 0.29) is 5.95 Å². The highest BCUT2D eigenvalue weighted by atomic mass is 16.6. The fourth-order valence-corrected chi connectivity index (χ4v) is 3.56. The Morgan fingerprint density at radius 3 is 2.55 bits per heavy atom. The van der Waals surface area contributed by atoms with Gasteiger partial charge in [-0.2, -0.15) is 0 Å². The summed E-state index contributed by atoms with van der Waals surface area (Å²) in [6.45, 7) is 9.51. The van der Waals surface area contributed by atoms with E-state index in [1.165, 1.54) is 0 Å². The van der Waals surface area contributed by atoms with E-state index in [2.05, 4.69) is 21.9 Å². The Bertz CT molecular complexity index is 1000. The van der Waals surface area contributed by atoms with Crippen molar-refractivity contribution in [1.82, 2.24) is 15.3 Å². The molecule has 0 unspecified atom stereocenters. The van der Waals surface area contributed by atoms with E-state index >= 15 is 0 Å². The molecule has 1 aromatic heterocycles. The molecular weight excluding hydrogens is 388 g/mol. The molecule has 1 heterocycles. The average Bonchev–Trinajstić information content (AvgIpc) is 2.68. The Balaban J connectivity index is 1.85. The van der Waals surface area contributed by atoms with Crippen molar-refractivity contribution in [3.8, 4) is 11.1 Å². The minimum atomic E-state index is -0.548. The molecule has 1 amide bonds. The van der Waals surface area contributed by atoms with Gasteiger partial charge in [-0.05, 0) is 57.2 Å². The summed E-state index contributed by atoms with van der Waals surface area (Å²) in [6, 6.07) is 9.91. The van der Waals surface area contributed by atoms with Crippen LogP contribution >= 0.6 is 0 Å². The topological polar surface area (TPSA) is 90.1 Å². The number of rotatable bonds is 6.